The van der Waals surface area contributed by atoms with Crippen LogP contribution in [0.1, 0.15) is 117 Å². The molecule has 552 valence electrons. The lowest BCUT2D eigenvalue weighted by Crippen LogP contribution is -2.47. The van der Waals surface area contributed by atoms with Gasteiger partial charge in [0.25, 0.3) is 11.8 Å². The normalized spacial score (nSPS) is 11.4. The van der Waals surface area contributed by atoms with Gasteiger partial charge >= 0.3 is 24.4 Å². The molecular formula is C59H102N14O24. The monoisotopic (exact) mass is 1390 g/mol. The molecule has 0 aliphatic carbocycles. The Morgan fingerprint density at radius 2 is 0.546 bits per heavy atom. The van der Waals surface area contributed by atoms with Gasteiger partial charge in [-0.15, -0.1) is 0 Å². The number of carbonyl (C=O) groups is 12. The summed E-state index contributed by atoms with van der Waals surface area (Å²) in [5.41, 5.74) is 1.48. The largest absolute Gasteiger partial charge is 0.449 e. The van der Waals surface area contributed by atoms with Gasteiger partial charge in [-0.25, -0.2) is 19.2 Å². The molecule has 0 aliphatic rings. The van der Waals surface area contributed by atoms with Gasteiger partial charge in [-0.3, -0.25) is 38.4 Å². The number of amides is 10. The number of Topliss-reactive ketones (excluding diaryl/α,β-unsaturated/α-hetero) is 2. The Labute approximate surface area is 567 Å². The maximum absolute atomic E-state index is 13.1. The van der Waals surface area contributed by atoms with Crippen LogP contribution >= 0.6 is 0 Å². The Morgan fingerprint density at radius 3 is 0.773 bits per heavy atom. The van der Waals surface area contributed by atoms with Crippen LogP contribution in [-0.4, -0.2) is 254 Å². The van der Waals surface area contributed by atoms with Crippen LogP contribution in [0.3, 0.4) is 0 Å². The molecule has 0 aliphatic heterocycles. The van der Waals surface area contributed by atoms with Crippen LogP contribution in [0.4, 0.5) is 19.2 Å². The number of carbonyl (C=O) groups excluding carboxylic acids is 12. The van der Waals surface area contributed by atoms with Gasteiger partial charge < -0.3 is 111 Å². The summed E-state index contributed by atoms with van der Waals surface area (Å²) < 4.78 is 57.6. The van der Waals surface area contributed by atoms with Gasteiger partial charge in [0.2, 0.25) is 23.6 Å². The van der Waals surface area contributed by atoms with Crippen LogP contribution in [0.2, 0.25) is 2.82 Å². The van der Waals surface area contributed by atoms with Crippen molar-refractivity contribution in [2.24, 2.45) is 37.5 Å². The van der Waals surface area contributed by atoms with Crippen molar-refractivity contribution in [1.29, 1.82) is 0 Å². The molecule has 0 rings (SSSR count). The highest BCUT2D eigenvalue weighted by Crippen LogP contribution is 2.22. The van der Waals surface area contributed by atoms with Gasteiger partial charge in [-0.2, -0.15) is 0 Å². The van der Waals surface area contributed by atoms with Gasteiger partial charge in [0, 0.05) is 91.9 Å². The maximum Gasteiger partial charge on any atom is 0.407 e. The van der Waals surface area contributed by atoms with Crippen molar-refractivity contribution < 1.29 is 118 Å². The van der Waals surface area contributed by atoms with Crippen LogP contribution in [-0.2, 0) is 95.6 Å². The summed E-state index contributed by atoms with van der Waals surface area (Å²) in [5, 5.41) is 34.8. The number of hydrogen-bond acceptors (Lipinski definition) is 28. The number of oxime groups is 4. The van der Waals surface area contributed by atoms with E-state index < -0.39 is 68.0 Å². The van der Waals surface area contributed by atoms with Crippen molar-refractivity contribution in [3.05, 3.63) is 0 Å². The first-order valence-corrected chi connectivity index (χ1v) is 32.0. The quantitative estimate of drug-likeness (QED) is 0.0163. The predicted molar refractivity (Wildman–Crippen MR) is 347 cm³/mol. The van der Waals surface area contributed by atoms with Crippen LogP contribution in [0, 0.1) is 5.41 Å². The Morgan fingerprint density at radius 1 is 0.320 bits per heavy atom. The Kier molecular flexibility index (Phi) is 54.6. The SMILES string of the molecule is [2H]NC(=O)/C=N/OCCCCCC(=O)NCCOCCNC(=O)OCC(COC(=O)NCCOCCNC(=O)CCCCCO/N=C/C(C)=O)(COC(=O)NCCOCCNC(=O)CCCCCO/N=C/C(C)=O)COC(=O)NCCOCCNC(=O)CCCCCO/N=C/C(=O)N[2H]. The van der Waals surface area contributed by atoms with Gasteiger partial charge in [-0.1, -0.05) is 20.6 Å². The minimum absolute atomic E-state index is 0.00435. The first-order chi connectivity index (χ1) is 47.9. The van der Waals surface area contributed by atoms with Crippen LogP contribution in [0.25, 0.3) is 0 Å². The van der Waals surface area contributed by atoms with Crippen LogP contribution < -0.4 is 54.0 Å². The molecule has 0 saturated carbocycles. The zero-order valence-electron chi connectivity index (χ0n) is 57.7. The van der Waals surface area contributed by atoms with Gasteiger partial charge in [0.1, 0.15) is 83.1 Å². The van der Waals surface area contributed by atoms with E-state index in [0.717, 1.165) is 24.9 Å². The smallest absolute Gasteiger partial charge is 0.407 e. The van der Waals surface area contributed by atoms with Crippen LogP contribution in [0.15, 0.2) is 20.6 Å². The van der Waals surface area contributed by atoms with Gasteiger partial charge in [-0.05, 0) is 77.0 Å². The molecule has 38 nitrogen and oxygen atoms in total. The molecule has 10 amide bonds. The number of rotatable bonds is 64. The Balaban J connectivity index is 5.68. The summed E-state index contributed by atoms with van der Waals surface area (Å²) in [5.74, 6) is -2.73. The van der Waals surface area contributed by atoms with Gasteiger partial charge in [0.05, 0.1) is 52.9 Å². The van der Waals surface area contributed by atoms with Crippen molar-refractivity contribution in [1.82, 2.24) is 42.5 Å². The average Bonchev–Trinajstić information content (AvgIpc) is 0.865. The summed E-state index contributed by atoms with van der Waals surface area (Å²) in [6.07, 6.45) is 8.33. The van der Waals surface area contributed by atoms with E-state index in [2.05, 4.69) is 63.2 Å². The molecule has 0 heterocycles. The number of ether oxygens (including phenoxy) is 8. The first kappa shape index (κ1) is 84.0. The maximum atomic E-state index is 13.1. The summed E-state index contributed by atoms with van der Waals surface area (Å²) in [6.45, 7) is 1.88. The van der Waals surface area contributed by atoms with Crippen molar-refractivity contribution in [3.8, 4) is 0 Å². The summed E-state index contributed by atoms with van der Waals surface area (Å²) >= 11 is 0. The molecule has 0 radical (unpaired) electrons. The lowest BCUT2D eigenvalue weighted by Gasteiger charge is -2.31. The second-order valence-corrected chi connectivity index (χ2v) is 20.8. The molecule has 0 unspecified atom stereocenters. The first-order valence-electron chi connectivity index (χ1n) is 33.0. The molecule has 0 aromatic carbocycles. The Bertz CT molecular complexity index is 2260. The number of hydrogen-bond donors (Lipinski definition) is 10. The summed E-state index contributed by atoms with van der Waals surface area (Å²) in [7, 11) is 0. The highest BCUT2D eigenvalue weighted by molar-refractivity contribution is 6.26. The minimum atomic E-state index is -1.78. The second kappa shape index (κ2) is 63.0. The molecular weight excluding hydrogens is 1290 g/mol. The molecule has 0 saturated heterocycles. The number of nitrogens with one attached hydrogen (secondary N) is 8. The minimum Gasteiger partial charge on any atom is -0.449 e. The standard InChI is InChI=1S/C59H102N14O24/c1-47(74)39-70-94-27-11-3-7-15-51(78)62-19-31-86-35-23-66-55(82)90-43-59(44-91-56(83)67-24-36-87-32-20-63-52(79)16-8-4-12-28-95-71-40-48(2)75,45-92-57(84)68-25-37-88-33-21-64-53(80)17-9-5-13-29-96-72-41-49(60)76)46-93-58(85)69-26-38-89-34-22-65-54(81)18-10-6-14-30-97-73-42-50(61)77/h39-42H,3-38,43-46H2,1-2H3,(H2,60,76)(H2,61,77)(H,62,78)(H,63,79)(H,64,80)(H,65,81)(H,66,82)(H,67,83)(H,68,84)(H,69,85)/b70-39+,71-40+,72-41+,73-42+/i/hD2. The number of unbranched alkanes of at least 4 members (excludes halogenated alkanes) is 8. The van der Waals surface area contributed by atoms with E-state index in [1.165, 1.54) is 13.8 Å². The third kappa shape index (κ3) is 64.1. The topological polar surface area (TPSA) is 513 Å². The number of nitrogens with two attached hydrogens (primary N) is 2. The van der Waals surface area contributed by atoms with E-state index in [1.807, 2.05) is 0 Å². The number of nitrogens with zero attached hydrogens (tertiary/aromatic N) is 4. The number of primary amides is 2. The average molecular weight is 1390 g/mol. The van der Waals surface area contributed by atoms with Crippen molar-refractivity contribution in [2.45, 2.75) is 117 Å². The van der Waals surface area contributed by atoms with E-state index in [-0.39, 0.29) is 179 Å². The lowest BCUT2D eigenvalue weighted by molar-refractivity contribution is -0.122. The molecule has 38 heteroatoms. The zero-order valence-corrected chi connectivity index (χ0v) is 55.7. The van der Waals surface area contributed by atoms with Crippen molar-refractivity contribution in [3.63, 3.8) is 0 Å². The third-order valence-electron chi connectivity index (χ3n) is 12.0. The number of ketones is 2. The molecule has 97 heavy (non-hydrogen) atoms. The second-order valence-electron chi connectivity index (χ2n) is 20.8. The summed E-state index contributed by atoms with van der Waals surface area (Å²) in [6, 6.07) is 0. The van der Waals surface area contributed by atoms with Crippen LogP contribution in [0.5, 0.6) is 0 Å². The van der Waals surface area contributed by atoms with E-state index in [0.29, 0.717) is 90.3 Å². The molecule has 0 spiro atoms. The molecule has 0 fully saturated rings. The lowest BCUT2D eigenvalue weighted by atomic mass is 9.92. The zero-order chi connectivity index (χ0) is 72.9. The Hall–Kier alpha value is -9.04. The fraction of sp³-hybridized carbons (Fsp3) is 0.729. The molecule has 12 N–H and O–H groups in total. The van der Waals surface area contributed by atoms with E-state index in [4.69, 9.17) is 60.1 Å². The van der Waals surface area contributed by atoms with E-state index in [9.17, 15) is 57.5 Å². The molecule has 0 bridgehead atoms. The molecule has 0 atom stereocenters. The van der Waals surface area contributed by atoms with Crippen molar-refractivity contribution >= 4 is 96.2 Å². The fourth-order valence-electron chi connectivity index (χ4n) is 7.16. The third-order valence-corrected chi connectivity index (χ3v) is 12.0. The highest BCUT2D eigenvalue weighted by atomic mass is 16.6. The summed E-state index contributed by atoms with van der Waals surface area (Å²) in [4.78, 5) is 165. The highest BCUT2D eigenvalue weighted by Gasteiger charge is 2.38. The number of alkyl carbamates (subject to hydrolysis) is 4. The van der Waals surface area contributed by atoms with E-state index in [1.54, 1.807) is 11.5 Å². The fourth-order valence-corrected chi connectivity index (χ4v) is 7.16. The van der Waals surface area contributed by atoms with E-state index >= 15 is 0 Å². The van der Waals surface area contributed by atoms with Crippen molar-refractivity contribution in [2.75, 3.05) is 158 Å². The molecule has 0 aromatic heterocycles. The molecule has 0 aromatic rings. The van der Waals surface area contributed by atoms with Gasteiger partial charge in [0.15, 0.2) is 14.4 Å². The predicted octanol–water partition coefficient (Wildman–Crippen LogP) is -0.191.